The minimum atomic E-state index is -0.262. The Labute approximate surface area is 76.7 Å². The van der Waals surface area contributed by atoms with Crippen LogP contribution in [0, 0.1) is 5.92 Å². The SMILES string of the molecule is CC1CC=CC=C1C(=O)N=C=S. The van der Waals surface area contributed by atoms with E-state index in [1.165, 1.54) is 0 Å². The zero-order chi connectivity index (χ0) is 8.97. The lowest BCUT2D eigenvalue weighted by molar-refractivity contribution is -0.114. The first-order chi connectivity index (χ1) is 5.75. The molecule has 3 heteroatoms. The fraction of sp³-hybridized carbons (Fsp3) is 0.333. The minimum Gasteiger partial charge on any atom is -0.266 e. The second kappa shape index (κ2) is 4.10. The molecule has 0 N–H and O–H groups in total. The molecule has 1 aliphatic carbocycles. The van der Waals surface area contributed by atoms with Crippen molar-refractivity contribution < 1.29 is 4.79 Å². The summed E-state index contributed by atoms with van der Waals surface area (Å²) < 4.78 is 0. The summed E-state index contributed by atoms with van der Waals surface area (Å²) in [4.78, 5) is 14.6. The van der Waals surface area contributed by atoms with Gasteiger partial charge in [-0.3, -0.25) is 4.79 Å². The van der Waals surface area contributed by atoms with Crippen LogP contribution < -0.4 is 0 Å². The van der Waals surface area contributed by atoms with Crippen molar-refractivity contribution in [3.8, 4) is 0 Å². The van der Waals surface area contributed by atoms with Gasteiger partial charge in [0, 0.05) is 5.57 Å². The van der Waals surface area contributed by atoms with Crippen molar-refractivity contribution >= 4 is 23.3 Å². The van der Waals surface area contributed by atoms with E-state index in [1.54, 1.807) is 6.08 Å². The molecule has 62 valence electrons. The van der Waals surface area contributed by atoms with Gasteiger partial charge in [0.1, 0.15) is 0 Å². The Kier molecular flexibility index (Phi) is 3.09. The van der Waals surface area contributed by atoms with E-state index in [2.05, 4.69) is 22.4 Å². The molecule has 0 aliphatic heterocycles. The molecule has 0 heterocycles. The molecule has 1 aliphatic rings. The predicted octanol–water partition coefficient (Wildman–Crippen LogP) is 2.14. The third-order valence-electron chi connectivity index (χ3n) is 1.83. The standard InChI is InChI=1S/C9H9NOS/c1-7-4-2-3-5-8(7)9(11)10-6-12/h2-3,5,7H,4H2,1H3. The van der Waals surface area contributed by atoms with Crippen LogP contribution in [0.1, 0.15) is 13.3 Å². The lowest BCUT2D eigenvalue weighted by Crippen LogP contribution is -2.09. The van der Waals surface area contributed by atoms with Crippen molar-refractivity contribution in [3.05, 3.63) is 23.8 Å². The van der Waals surface area contributed by atoms with Gasteiger partial charge >= 0.3 is 0 Å². The molecule has 12 heavy (non-hydrogen) atoms. The van der Waals surface area contributed by atoms with Gasteiger partial charge in [-0.2, -0.15) is 4.99 Å². The van der Waals surface area contributed by atoms with Crippen LogP contribution in [0.3, 0.4) is 0 Å². The molecule has 0 saturated heterocycles. The molecule has 2 nitrogen and oxygen atoms in total. The number of rotatable bonds is 1. The van der Waals surface area contributed by atoms with Gasteiger partial charge in [0.05, 0.1) is 5.16 Å². The molecule has 0 bridgehead atoms. The van der Waals surface area contributed by atoms with Crippen molar-refractivity contribution in [1.29, 1.82) is 0 Å². The van der Waals surface area contributed by atoms with Crippen LogP contribution in [0.2, 0.25) is 0 Å². The second-order valence-corrected chi connectivity index (χ2v) is 2.88. The Morgan fingerprint density at radius 1 is 1.83 bits per heavy atom. The molecule has 0 aromatic carbocycles. The topological polar surface area (TPSA) is 29.4 Å². The first kappa shape index (κ1) is 9.04. The summed E-state index contributed by atoms with van der Waals surface area (Å²) in [7, 11) is 0. The number of thiocarbonyl (C=S) groups is 1. The summed E-state index contributed by atoms with van der Waals surface area (Å²) in [5.41, 5.74) is 0.717. The maximum absolute atomic E-state index is 11.2. The van der Waals surface area contributed by atoms with Crippen LogP contribution >= 0.6 is 12.2 Å². The molecular formula is C9H9NOS. The minimum absolute atomic E-state index is 0.245. The van der Waals surface area contributed by atoms with Gasteiger partial charge in [0.25, 0.3) is 5.91 Å². The first-order valence-corrected chi connectivity index (χ1v) is 4.15. The summed E-state index contributed by atoms with van der Waals surface area (Å²) in [6, 6.07) is 0. The molecule has 1 rings (SSSR count). The van der Waals surface area contributed by atoms with Gasteiger partial charge in [-0.1, -0.05) is 25.2 Å². The lowest BCUT2D eigenvalue weighted by Gasteiger charge is -2.12. The van der Waals surface area contributed by atoms with E-state index in [4.69, 9.17) is 0 Å². The lowest BCUT2D eigenvalue weighted by atomic mass is 9.93. The van der Waals surface area contributed by atoms with E-state index in [0.717, 1.165) is 12.0 Å². The van der Waals surface area contributed by atoms with Crippen LogP contribution in [0.5, 0.6) is 0 Å². The van der Waals surface area contributed by atoms with Crippen LogP contribution in [-0.2, 0) is 4.79 Å². The number of allylic oxidation sites excluding steroid dienone is 3. The molecule has 0 fully saturated rings. The van der Waals surface area contributed by atoms with Gasteiger partial charge in [0.15, 0.2) is 0 Å². The highest BCUT2D eigenvalue weighted by molar-refractivity contribution is 7.78. The largest absolute Gasteiger partial charge is 0.282 e. The van der Waals surface area contributed by atoms with Gasteiger partial charge in [0.2, 0.25) is 0 Å². The average Bonchev–Trinajstić information content (AvgIpc) is 2.05. The molecule has 1 unspecified atom stereocenters. The summed E-state index contributed by atoms with van der Waals surface area (Å²) in [5, 5.41) is 2.08. The van der Waals surface area contributed by atoms with Crippen molar-refractivity contribution in [3.63, 3.8) is 0 Å². The first-order valence-electron chi connectivity index (χ1n) is 3.74. The van der Waals surface area contributed by atoms with E-state index in [1.807, 2.05) is 19.1 Å². The average molecular weight is 179 g/mol. The maximum Gasteiger partial charge on any atom is 0.282 e. The van der Waals surface area contributed by atoms with Crippen molar-refractivity contribution in [2.24, 2.45) is 10.9 Å². The van der Waals surface area contributed by atoms with Gasteiger partial charge in [-0.25, -0.2) is 0 Å². The van der Waals surface area contributed by atoms with Crippen molar-refractivity contribution in [2.45, 2.75) is 13.3 Å². The Morgan fingerprint density at radius 3 is 3.17 bits per heavy atom. The summed E-state index contributed by atoms with van der Waals surface area (Å²) in [6.45, 7) is 1.99. The van der Waals surface area contributed by atoms with E-state index >= 15 is 0 Å². The fourth-order valence-corrected chi connectivity index (χ4v) is 1.22. The molecule has 0 spiro atoms. The molecule has 0 radical (unpaired) electrons. The molecular weight excluding hydrogens is 170 g/mol. The van der Waals surface area contributed by atoms with Crippen molar-refractivity contribution in [1.82, 2.24) is 0 Å². The Morgan fingerprint density at radius 2 is 2.58 bits per heavy atom. The summed E-state index contributed by atoms with van der Waals surface area (Å²) in [5.74, 6) is -0.0172. The fourth-order valence-electron chi connectivity index (χ4n) is 1.13. The van der Waals surface area contributed by atoms with Gasteiger partial charge in [-0.05, 0) is 24.6 Å². The third-order valence-corrected chi connectivity index (χ3v) is 1.92. The Bertz CT molecular complexity index is 298. The summed E-state index contributed by atoms with van der Waals surface area (Å²) in [6.07, 6.45) is 6.58. The van der Waals surface area contributed by atoms with Crippen LogP contribution in [-0.4, -0.2) is 11.1 Å². The summed E-state index contributed by atoms with van der Waals surface area (Å²) >= 11 is 4.35. The predicted molar refractivity (Wildman–Crippen MR) is 51.0 cm³/mol. The van der Waals surface area contributed by atoms with Crippen LogP contribution in [0.4, 0.5) is 0 Å². The molecule has 0 aromatic heterocycles. The number of amides is 1. The number of isothiocyanates is 1. The highest BCUT2D eigenvalue weighted by atomic mass is 32.1. The zero-order valence-corrected chi connectivity index (χ0v) is 7.60. The second-order valence-electron chi connectivity index (χ2n) is 2.70. The number of carbonyl (C=O) groups excluding carboxylic acids is 1. The van der Waals surface area contributed by atoms with Crippen molar-refractivity contribution in [2.75, 3.05) is 0 Å². The molecule has 1 amide bonds. The Balaban J connectivity index is 2.85. The number of hydrogen-bond donors (Lipinski definition) is 0. The Hall–Kier alpha value is -1.05. The number of carbonyl (C=O) groups is 1. The van der Waals surface area contributed by atoms with E-state index in [-0.39, 0.29) is 11.8 Å². The normalized spacial score (nSPS) is 21.1. The van der Waals surface area contributed by atoms with Gasteiger partial charge < -0.3 is 0 Å². The number of hydrogen-bond acceptors (Lipinski definition) is 2. The smallest absolute Gasteiger partial charge is 0.266 e. The monoisotopic (exact) mass is 179 g/mol. The van der Waals surface area contributed by atoms with E-state index < -0.39 is 0 Å². The maximum atomic E-state index is 11.2. The molecule has 0 saturated carbocycles. The van der Waals surface area contributed by atoms with Crippen LogP contribution in [0.25, 0.3) is 0 Å². The number of aliphatic imine (C=N–C) groups is 1. The third kappa shape index (κ3) is 1.97. The molecule has 1 atom stereocenters. The zero-order valence-electron chi connectivity index (χ0n) is 6.78. The quantitative estimate of drug-likeness (QED) is 0.456. The van der Waals surface area contributed by atoms with E-state index in [0.29, 0.717) is 0 Å². The molecule has 0 aromatic rings. The highest BCUT2D eigenvalue weighted by Crippen LogP contribution is 2.20. The highest BCUT2D eigenvalue weighted by Gasteiger charge is 2.16. The van der Waals surface area contributed by atoms with E-state index in [9.17, 15) is 4.79 Å². The number of nitrogens with zero attached hydrogens (tertiary/aromatic N) is 1. The van der Waals surface area contributed by atoms with Crippen LogP contribution in [0.15, 0.2) is 28.8 Å². The van der Waals surface area contributed by atoms with Gasteiger partial charge in [-0.15, -0.1) is 0 Å².